The summed E-state index contributed by atoms with van der Waals surface area (Å²) in [7, 11) is 0. The predicted molar refractivity (Wildman–Crippen MR) is 137 cm³/mol. The Bertz CT molecular complexity index is 1370. The number of carbonyl (C=O) groups excluding carboxylic acids is 4. The number of benzene rings is 3. The third kappa shape index (κ3) is 5.08. The predicted octanol–water partition coefficient (Wildman–Crippen LogP) is 3.50. The first-order chi connectivity index (χ1) is 18.4. The monoisotopic (exact) mass is 514 g/mol. The maximum Gasteiger partial charge on any atom is 0.338 e. The van der Waals surface area contributed by atoms with Gasteiger partial charge in [0.15, 0.2) is 11.5 Å². The maximum absolute atomic E-state index is 13.6. The molecular weight excluding hydrogens is 488 g/mol. The number of amides is 3. The first-order valence-electron chi connectivity index (χ1n) is 12.3. The van der Waals surface area contributed by atoms with Gasteiger partial charge in [0, 0.05) is 6.54 Å². The number of nitrogens with zero attached hydrogens (tertiary/aromatic N) is 2. The highest BCUT2D eigenvalue weighted by atomic mass is 16.7. The molecule has 0 saturated carbocycles. The summed E-state index contributed by atoms with van der Waals surface area (Å²) < 4.78 is 15.8. The Balaban J connectivity index is 1.41. The quantitative estimate of drug-likeness (QED) is 0.335. The zero-order chi connectivity index (χ0) is 26.6. The maximum atomic E-state index is 13.6. The van der Waals surface area contributed by atoms with E-state index in [0.717, 1.165) is 16.0 Å². The van der Waals surface area contributed by atoms with Gasteiger partial charge in [-0.1, -0.05) is 36.4 Å². The van der Waals surface area contributed by atoms with Gasteiger partial charge in [0.1, 0.15) is 6.04 Å². The SMILES string of the molecule is CCOC(=O)c1ccc(N2C(=O)CC(N(Cc3ccc4c(c3)OCO4)C(=O)Cc3ccccc3)C2=O)cc1. The number of esters is 1. The summed E-state index contributed by atoms with van der Waals surface area (Å²) >= 11 is 0. The number of hydrogen-bond acceptors (Lipinski definition) is 7. The van der Waals surface area contributed by atoms with E-state index in [-0.39, 0.29) is 38.7 Å². The molecule has 1 fully saturated rings. The Morgan fingerprint density at radius 1 is 0.947 bits per heavy atom. The van der Waals surface area contributed by atoms with Crippen molar-refractivity contribution in [1.82, 2.24) is 4.90 Å². The van der Waals surface area contributed by atoms with Gasteiger partial charge >= 0.3 is 5.97 Å². The van der Waals surface area contributed by atoms with Crippen molar-refractivity contribution in [3.63, 3.8) is 0 Å². The molecule has 0 aliphatic carbocycles. The molecule has 3 aromatic carbocycles. The molecule has 0 bridgehead atoms. The molecule has 2 aliphatic rings. The van der Waals surface area contributed by atoms with Crippen LogP contribution in [0.5, 0.6) is 11.5 Å². The van der Waals surface area contributed by atoms with Gasteiger partial charge in [-0.15, -0.1) is 0 Å². The molecule has 0 aromatic heterocycles. The summed E-state index contributed by atoms with van der Waals surface area (Å²) in [5.41, 5.74) is 2.19. The van der Waals surface area contributed by atoms with E-state index in [1.165, 1.54) is 29.2 Å². The van der Waals surface area contributed by atoms with Gasteiger partial charge in [0.05, 0.1) is 30.7 Å². The molecule has 0 spiro atoms. The van der Waals surface area contributed by atoms with Gasteiger partial charge in [-0.25, -0.2) is 9.69 Å². The standard InChI is InChI=1S/C29H26N2O7/c1-2-36-29(35)21-9-11-22(12-10-21)31-27(33)16-23(28(31)34)30(26(32)15-19-6-4-3-5-7-19)17-20-8-13-24-25(14-20)38-18-37-24/h3-14,23H,2,15-18H2,1H3. The van der Waals surface area contributed by atoms with E-state index in [4.69, 9.17) is 14.2 Å². The average molecular weight is 515 g/mol. The number of rotatable bonds is 8. The van der Waals surface area contributed by atoms with Crippen LogP contribution in [0.15, 0.2) is 72.8 Å². The van der Waals surface area contributed by atoms with Gasteiger partial charge in [0.2, 0.25) is 18.6 Å². The van der Waals surface area contributed by atoms with E-state index < -0.39 is 23.8 Å². The minimum absolute atomic E-state index is 0.0810. The topological polar surface area (TPSA) is 102 Å². The van der Waals surface area contributed by atoms with Crippen molar-refractivity contribution in [1.29, 1.82) is 0 Å². The number of fused-ring (bicyclic) bond motifs is 1. The Labute approximate surface area is 219 Å². The molecule has 9 nitrogen and oxygen atoms in total. The number of carbonyl (C=O) groups is 4. The van der Waals surface area contributed by atoms with Crippen molar-refractivity contribution >= 4 is 29.4 Å². The van der Waals surface area contributed by atoms with E-state index in [1.54, 1.807) is 19.1 Å². The van der Waals surface area contributed by atoms with Crippen molar-refractivity contribution < 1.29 is 33.4 Å². The van der Waals surface area contributed by atoms with Gasteiger partial charge in [0.25, 0.3) is 5.91 Å². The molecule has 2 aliphatic heterocycles. The van der Waals surface area contributed by atoms with E-state index in [9.17, 15) is 19.2 Å². The highest BCUT2D eigenvalue weighted by Gasteiger charge is 2.44. The second-order valence-corrected chi connectivity index (χ2v) is 8.93. The van der Waals surface area contributed by atoms with Crippen LogP contribution in [0.2, 0.25) is 0 Å². The van der Waals surface area contributed by atoms with E-state index in [0.29, 0.717) is 22.7 Å². The first-order valence-corrected chi connectivity index (χ1v) is 12.3. The molecule has 2 heterocycles. The summed E-state index contributed by atoms with van der Waals surface area (Å²) in [5.74, 6) is -0.513. The van der Waals surface area contributed by atoms with E-state index >= 15 is 0 Å². The van der Waals surface area contributed by atoms with E-state index in [1.807, 2.05) is 36.4 Å². The molecule has 38 heavy (non-hydrogen) atoms. The fraction of sp³-hybridized carbons (Fsp3) is 0.241. The zero-order valence-corrected chi connectivity index (χ0v) is 20.8. The minimum Gasteiger partial charge on any atom is -0.462 e. The zero-order valence-electron chi connectivity index (χ0n) is 20.8. The molecule has 1 saturated heterocycles. The Hall–Kier alpha value is -4.66. The smallest absolute Gasteiger partial charge is 0.338 e. The molecule has 0 radical (unpaired) electrons. The van der Waals surface area contributed by atoms with Crippen LogP contribution in [0.25, 0.3) is 0 Å². The van der Waals surface area contributed by atoms with Crippen LogP contribution < -0.4 is 14.4 Å². The second-order valence-electron chi connectivity index (χ2n) is 8.93. The molecule has 1 unspecified atom stereocenters. The molecule has 3 amide bonds. The molecule has 1 atom stereocenters. The van der Waals surface area contributed by atoms with E-state index in [2.05, 4.69) is 0 Å². The lowest BCUT2D eigenvalue weighted by Gasteiger charge is -2.28. The van der Waals surface area contributed by atoms with Crippen LogP contribution in [0.3, 0.4) is 0 Å². The van der Waals surface area contributed by atoms with Crippen molar-refractivity contribution in [2.75, 3.05) is 18.3 Å². The van der Waals surface area contributed by atoms with Gasteiger partial charge in [-0.3, -0.25) is 14.4 Å². The summed E-state index contributed by atoms with van der Waals surface area (Å²) in [6.07, 6.45) is -0.0683. The van der Waals surface area contributed by atoms with Crippen LogP contribution in [-0.2, 0) is 32.1 Å². The van der Waals surface area contributed by atoms with Crippen LogP contribution in [0.1, 0.15) is 34.8 Å². The first kappa shape index (κ1) is 25.0. The summed E-state index contributed by atoms with van der Waals surface area (Å²) in [4.78, 5) is 54.7. The Morgan fingerprint density at radius 2 is 1.68 bits per heavy atom. The van der Waals surface area contributed by atoms with Gasteiger partial charge in [-0.05, 0) is 54.4 Å². The van der Waals surface area contributed by atoms with Gasteiger partial charge in [-0.2, -0.15) is 0 Å². The lowest BCUT2D eigenvalue weighted by molar-refractivity contribution is -0.138. The summed E-state index contributed by atoms with van der Waals surface area (Å²) in [6.45, 7) is 2.18. The third-order valence-corrected chi connectivity index (χ3v) is 6.44. The largest absolute Gasteiger partial charge is 0.462 e. The molecule has 5 rings (SSSR count). The highest BCUT2D eigenvalue weighted by molar-refractivity contribution is 6.23. The van der Waals surface area contributed by atoms with Crippen molar-refractivity contribution in [3.05, 3.63) is 89.5 Å². The van der Waals surface area contributed by atoms with Crippen LogP contribution in [-0.4, -0.2) is 48.0 Å². The lowest BCUT2D eigenvalue weighted by Crippen LogP contribution is -2.45. The number of anilines is 1. The number of imide groups is 1. The molecular formula is C29H26N2O7. The summed E-state index contributed by atoms with van der Waals surface area (Å²) in [5, 5.41) is 0. The van der Waals surface area contributed by atoms with Crippen molar-refractivity contribution in [2.24, 2.45) is 0 Å². The number of hydrogen-bond donors (Lipinski definition) is 0. The minimum atomic E-state index is -0.978. The molecule has 194 valence electrons. The highest BCUT2D eigenvalue weighted by Crippen LogP contribution is 2.34. The fourth-order valence-electron chi connectivity index (χ4n) is 4.57. The molecule has 0 N–H and O–H groups in total. The number of ether oxygens (including phenoxy) is 3. The van der Waals surface area contributed by atoms with Crippen LogP contribution in [0, 0.1) is 0 Å². The van der Waals surface area contributed by atoms with Gasteiger partial charge < -0.3 is 19.1 Å². The van der Waals surface area contributed by atoms with Crippen molar-refractivity contribution in [3.8, 4) is 11.5 Å². The summed E-state index contributed by atoms with van der Waals surface area (Å²) in [6, 6.07) is 19.7. The molecule has 9 heteroatoms. The van der Waals surface area contributed by atoms with Crippen LogP contribution in [0.4, 0.5) is 5.69 Å². The molecule has 3 aromatic rings. The fourth-order valence-corrected chi connectivity index (χ4v) is 4.57. The normalized spacial score (nSPS) is 16.0. The second kappa shape index (κ2) is 10.8. The van der Waals surface area contributed by atoms with Crippen LogP contribution >= 0.6 is 0 Å². The average Bonchev–Trinajstić information content (AvgIpc) is 3.51. The Kier molecular flexibility index (Phi) is 7.08. The third-order valence-electron chi connectivity index (χ3n) is 6.44. The van der Waals surface area contributed by atoms with Crippen molar-refractivity contribution in [2.45, 2.75) is 32.4 Å². The Morgan fingerprint density at radius 3 is 2.42 bits per heavy atom. The lowest BCUT2D eigenvalue weighted by atomic mass is 10.1.